The molecule has 1 nitrogen and oxygen atoms in total. The summed E-state index contributed by atoms with van der Waals surface area (Å²) in [6, 6.07) is 9.06. The lowest BCUT2D eigenvalue weighted by molar-refractivity contribution is -0.137. The standard InChI is InChI=1S/C14H11F4N/c15-13-4-2-1-3-12(13)10-5-9(8-19)6-11(7-10)14(16,17)18/h1-7H,8,19H2. The first-order chi connectivity index (χ1) is 8.91. The average Bonchev–Trinajstić information content (AvgIpc) is 2.37. The summed E-state index contributed by atoms with van der Waals surface area (Å²) in [7, 11) is 0. The summed E-state index contributed by atoms with van der Waals surface area (Å²) < 4.78 is 51.9. The molecule has 0 radical (unpaired) electrons. The molecule has 0 aliphatic heterocycles. The minimum Gasteiger partial charge on any atom is -0.326 e. The Labute approximate surface area is 107 Å². The maximum atomic E-state index is 13.6. The van der Waals surface area contributed by atoms with Crippen molar-refractivity contribution >= 4 is 0 Å². The van der Waals surface area contributed by atoms with E-state index >= 15 is 0 Å². The maximum absolute atomic E-state index is 13.6. The Morgan fingerprint density at radius 3 is 2.26 bits per heavy atom. The average molecular weight is 269 g/mol. The molecule has 0 bridgehead atoms. The molecule has 2 rings (SSSR count). The van der Waals surface area contributed by atoms with Crippen LogP contribution in [0.4, 0.5) is 17.6 Å². The van der Waals surface area contributed by atoms with Gasteiger partial charge in [-0.3, -0.25) is 0 Å². The summed E-state index contributed by atoms with van der Waals surface area (Å²) in [6.45, 7) is -0.0363. The van der Waals surface area contributed by atoms with Crippen LogP contribution in [0.5, 0.6) is 0 Å². The molecule has 0 spiro atoms. The van der Waals surface area contributed by atoms with Gasteiger partial charge in [-0.15, -0.1) is 0 Å². The van der Waals surface area contributed by atoms with Gasteiger partial charge in [0.25, 0.3) is 0 Å². The summed E-state index contributed by atoms with van der Waals surface area (Å²) in [5, 5.41) is 0. The van der Waals surface area contributed by atoms with Gasteiger partial charge in [0.2, 0.25) is 0 Å². The number of benzene rings is 2. The van der Waals surface area contributed by atoms with Gasteiger partial charge < -0.3 is 5.73 Å². The molecule has 0 saturated carbocycles. The number of hydrogen-bond donors (Lipinski definition) is 1. The maximum Gasteiger partial charge on any atom is 0.416 e. The topological polar surface area (TPSA) is 26.0 Å². The highest BCUT2D eigenvalue weighted by Gasteiger charge is 2.31. The van der Waals surface area contributed by atoms with Gasteiger partial charge in [0, 0.05) is 12.1 Å². The molecule has 0 aromatic heterocycles. The Balaban J connectivity index is 2.61. The van der Waals surface area contributed by atoms with Gasteiger partial charge in [0.05, 0.1) is 5.56 Å². The van der Waals surface area contributed by atoms with Gasteiger partial charge in [0.15, 0.2) is 0 Å². The van der Waals surface area contributed by atoms with Crippen LogP contribution in [-0.2, 0) is 12.7 Å². The third kappa shape index (κ3) is 2.93. The van der Waals surface area contributed by atoms with Gasteiger partial charge in [-0.05, 0) is 35.4 Å². The molecule has 0 aliphatic rings. The number of nitrogens with two attached hydrogens (primary N) is 1. The van der Waals surface area contributed by atoms with Crippen LogP contribution < -0.4 is 5.73 Å². The molecule has 0 atom stereocenters. The van der Waals surface area contributed by atoms with Gasteiger partial charge in [-0.25, -0.2) is 4.39 Å². The van der Waals surface area contributed by atoms with E-state index in [1.165, 1.54) is 24.3 Å². The zero-order valence-electron chi connectivity index (χ0n) is 9.84. The Bertz CT molecular complexity index is 590. The molecular formula is C14H11F4N. The highest BCUT2D eigenvalue weighted by Crippen LogP contribution is 2.34. The second-order valence-electron chi connectivity index (χ2n) is 4.10. The first-order valence-corrected chi connectivity index (χ1v) is 5.58. The minimum absolute atomic E-state index is 0.0363. The van der Waals surface area contributed by atoms with E-state index in [9.17, 15) is 17.6 Å². The molecule has 0 amide bonds. The number of alkyl halides is 3. The lowest BCUT2D eigenvalue weighted by Crippen LogP contribution is -2.07. The van der Waals surface area contributed by atoms with Crippen molar-refractivity contribution in [2.75, 3.05) is 0 Å². The molecule has 2 aromatic carbocycles. The van der Waals surface area contributed by atoms with Gasteiger partial charge in [-0.2, -0.15) is 13.2 Å². The predicted molar refractivity (Wildman–Crippen MR) is 64.7 cm³/mol. The van der Waals surface area contributed by atoms with E-state index in [1.54, 1.807) is 6.07 Å². The zero-order chi connectivity index (χ0) is 14.0. The predicted octanol–water partition coefficient (Wildman–Crippen LogP) is 3.97. The van der Waals surface area contributed by atoms with Crippen LogP contribution in [0.2, 0.25) is 0 Å². The molecular weight excluding hydrogens is 258 g/mol. The molecule has 0 aliphatic carbocycles. The van der Waals surface area contributed by atoms with Crippen molar-refractivity contribution < 1.29 is 17.6 Å². The van der Waals surface area contributed by atoms with Gasteiger partial charge >= 0.3 is 6.18 Å². The highest BCUT2D eigenvalue weighted by molar-refractivity contribution is 5.66. The van der Waals surface area contributed by atoms with Crippen LogP contribution in [0, 0.1) is 5.82 Å². The van der Waals surface area contributed by atoms with Crippen molar-refractivity contribution in [1.29, 1.82) is 0 Å². The van der Waals surface area contributed by atoms with Crippen molar-refractivity contribution in [2.24, 2.45) is 5.73 Å². The molecule has 5 heteroatoms. The lowest BCUT2D eigenvalue weighted by Gasteiger charge is -2.12. The van der Waals surface area contributed by atoms with Crippen molar-refractivity contribution in [3.63, 3.8) is 0 Å². The quantitative estimate of drug-likeness (QED) is 0.820. The van der Waals surface area contributed by atoms with E-state index in [-0.39, 0.29) is 17.7 Å². The zero-order valence-corrected chi connectivity index (χ0v) is 9.84. The van der Waals surface area contributed by atoms with Crippen molar-refractivity contribution in [3.8, 4) is 11.1 Å². The minimum atomic E-state index is -4.48. The van der Waals surface area contributed by atoms with Crippen molar-refractivity contribution in [1.82, 2.24) is 0 Å². The number of halogens is 4. The first kappa shape index (κ1) is 13.5. The Kier molecular flexibility index (Phi) is 3.57. The normalized spacial score (nSPS) is 11.6. The fourth-order valence-corrected chi connectivity index (χ4v) is 1.82. The summed E-state index contributed by atoms with van der Waals surface area (Å²) in [4.78, 5) is 0. The molecule has 0 unspecified atom stereocenters. The van der Waals surface area contributed by atoms with Gasteiger partial charge in [0.1, 0.15) is 5.82 Å². The molecule has 0 heterocycles. The third-order valence-corrected chi connectivity index (χ3v) is 2.74. The molecule has 2 N–H and O–H groups in total. The number of hydrogen-bond acceptors (Lipinski definition) is 1. The molecule has 0 fully saturated rings. The smallest absolute Gasteiger partial charge is 0.326 e. The van der Waals surface area contributed by atoms with E-state index in [0.29, 0.717) is 5.56 Å². The fourth-order valence-electron chi connectivity index (χ4n) is 1.82. The van der Waals surface area contributed by atoms with Crippen LogP contribution >= 0.6 is 0 Å². The van der Waals surface area contributed by atoms with Crippen molar-refractivity contribution in [2.45, 2.75) is 12.7 Å². The Morgan fingerprint density at radius 2 is 1.68 bits per heavy atom. The van der Waals surface area contributed by atoms with E-state index in [2.05, 4.69) is 0 Å². The van der Waals surface area contributed by atoms with Crippen molar-refractivity contribution in [3.05, 3.63) is 59.4 Å². The van der Waals surface area contributed by atoms with Crippen LogP contribution in [0.3, 0.4) is 0 Å². The van der Waals surface area contributed by atoms with E-state index in [1.807, 2.05) is 0 Å². The van der Waals surface area contributed by atoms with Gasteiger partial charge in [-0.1, -0.05) is 18.2 Å². The van der Waals surface area contributed by atoms with Crippen LogP contribution in [-0.4, -0.2) is 0 Å². The highest BCUT2D eigenvalue weighted by atomic mass is 19.4. The second-order valence-corrected chi connectivity index (χ2v) is 4.10. The second kappa shape index (κ2) is 5.01. The van der Waals surface area contributed by atoms with Crippen LogP contribution in [0.25, 0.3) is 11.1 Å². The molecule has 19 heavy (non-hydrogen) atoms. The number of rotatable bonds is 2. The Hall–Kier alpha value is -1.88. The molecule has 2 aromatic rings. The monoisotopic (exact) mass is 269 g/mol. The van der Waals surface area contributed by atoms with E-state index < -0.39 is 17.6 Å². The SMILES string of the molecule is NCc1cc(-c2ccccc2F)cc(C(F)(F)F)c1. The largest absolute Gasteiger partial charge is 0.416 e. The summed E-state index contributed by atoms with van der Waals surface area (Å²) in [5.41, 5.74) is 5.18. The molecule has 100 valence electrons. The molecule has 0 saturated heterocycles. The first-order valence-electron chi connectivity index (χ1n) is 5.58. The summed E-state index contributed by atoms with van der Waals surface area (Å²) in [6.07, 6.45) is -4.48. The van der Waals surface area contributed by atoms with Crippen LogP contribution in [0.1, 0.15) is 11.1 Å². The summed E-state index contributed by atoms with van der Waals surface area (Å²) >= 11 is 0. The third-order valence-electron chi connectivity index (χ3n) is 2.74. The van der Waals surface area contributed by atoms with Crippen LogP contribution in [0.15, 0.2) is 42.5 Å². The lowest BCUT2D eigenvalue weighted by atomic mass is 9.99. The van der Waals surface area contributed by atoms with E-state index in [0.717, 1.165) is 12.1 Å². The Morgan fingerprint density at radius 1 is 1.00 bits per heavy atom. The fraction of sp³-hybridized carbons (Fsp3) is 0.143. The summed E-state index contributed by atoms with van der Waals surface area (Å²) in [5.74, 6) is -0.565. The van der Waals surface area contributed by atoms with E-state index in [4.69, 9.17) is 5.73 Å².